The monoisotopic (exact) mass is 318 g/mol. The van der Waals surface area contributed by atoms with E-state index in [4.69, 9.17) is 5.73 Å². The SMILES string of the molecule is C=C(CC(=C)CC(CC1CCCCC1)C(N)=NC)CC(C)CC. The third-order valence-corrected chi connectivity index (χ3v) is 5.39. The van der Waals surface area contributed by atoms with Crippen molar-refractivity contribution in [3.05, 3.63) is 24.3 Å². The number of amidine groups is 1. The zero-order valence-electron chi connectivity index (χ0n) is 15.7. The maximum Gasteiger partial charge on any atom is 0.0968 e. The fourth-order valence-corrected chi connectivity index (χ4v) is 3.80. The van der Waals surface area contributed by atoms with Crippen molar-refractivity contribution in [3.63, 3.8) is 0 Å². The lowest BCUT2D eigenvalue weighted by atomic mass is 9.80. The Morgan fingerprint density at radius 2 is 1.74 bits per heavy atom. The van der Waals surface area contributed by atoms with Gasteiger partial charge >= 0.3 is 0 Å². The molecule has 2 nitrogen and oxygen atoms in total. The molecule has 0 spiro atoms. The number of hydrogen-bond donors (Lipinski definition) is 1. The van der Waals surface area contributed by atoms with Crippen molar-refractivity contribution < 1.29 is 0 Å². The minimum Gasteiger partial charge on any atom is -0.387 e. The molecule has 0 bridgehead atoms. The molecule has 132 valence electrons. The highest BCUT2D eigenvalue weighted by molar-refractivity contribution is 5.83. The Labute approximate surface area is 144 Å². The summed E-state index contributed by atoms with van der Waals surface area (Å²) in [6, 6.07) is 0. The highest BCUT2D eigenvalue weighted by atomic mass is 14.8. The van der Waals surface area contributed by atoms with E-state index in [1.165, 1.54) is 56.1 Å². The van der Waals surface area contributed by atoms with Gasteiger partial charge in [-0.1, -0.05) is 76.7 Å². The number of rotatable bonds is 10. The second-order valence-corrected chi connectivity index (χ2v) is 7.68. The molecule has 2 atom stereocenters. The fraction of sp³-hybridized carbons (Fsp3) is 0.762. The number of nitrogens with zero attached hydrogens (tertiary/aromatic N) is 1. The molecule has 23 heavy (non-hydrogen) atoms. The van der Waals surface area contributed by atoms with Crippen molar-refractivity contribution in [1.82, 2.24) is 0 Å². The zero-order chi connectivity index (χ0) is 17.2. The second kappa shape index (κ2) is 10.7. The van der Waals surface area contributed by atoms with Crippen LogP contribution in [-0.4, -0.2) is 12.9 Å². The van der Waals surface area contributed by atoms with Gasteiger partial charge in [0.25, 0.3) is 0 Å². The van der Waals surface area contributed by atoms with Crippen LogP contribution in [-0.2, 0) is 0 Å². The van der Waals surface area contributed by atoms with E-state index in [1.807, 2.05) is 7.05 Å². The zero-order valence-corrected chi connectivity index (χ0v) is 15.7. The molecule has 0 amide bonds. The summed E-state index contributed by atoms with van der Waals surface area (Å²) in [7, 11) is 1.81. The largest absolute Gasteiger partial charge is 0.387 e. The van der Waals surface area contributed by atoms with Gasteiger partial charge in [-0.25, -0.2) is 0 Å². The van der Waals surface area contributed by atoms with Crippen molar-refractivity contribution in [3.8, 4) is 0 Å². The first-order valence-electron chi connectivity index (χ1n) is 9.51. The van der Waals surface area contributed by atoms with Crippen LogP contribution in [0, 0.1) is 17.8 Å². The maximum atomic E-state index is 6.20. The van der Waals surface area contributed by atoms with Crippen LogP contribution in [0.1, 0.15) is 78.1 Å². The average Bonchev–Trinajstić information content (AvgIpc) is 2.54. The van der Waals surface area contributed by atoms with Crippen LogP contribution < -0.4 is 5.73 Å². The van der Waals surface area contributed by atoms with Gasteiger partial charge in [-0.15, -0.1) is 0 Å². The summed E-state index contributed by atoms with van der Waals surface area (Å²) in [6.07, 6.45) is 12.3. The molecule has 0 radical (unpaired) electrons. The van der Waals surface area contributed by atoms with E-state index < -0.39 is 0 Å². The van der Waals surface area contributed by atoms with E-state index in [0.29, 0.717) is 5.92 Å². The Morgan fingerprint density at radius 1 is 1.13 bits per heavy atom. The topological polar surface area (TPSA) is 38.4 Å². The molecule has 0 aromatic carbocycles. The van der Waals surface area contributed by atoms with Gasteiger partial charge in [0.15, 0.2) is 0 Å². The van der Waals surface area contributed by atoms with E-state index >= 15 is 0 Å². The van der Waals surface area contributed by atoms with Crippen LogP contribution in [0.4, 0.5) is 0 Å². The van der Waals surface area contributed by atoms with E-state index in [2.05, 4.69) is 32.0 Å². The molecule has 0 saturated heterocycles. The van der Waals surface area contributed by atoms with Gasteiger partial charge in [-0.2, -0.15) is 0 Å². The molecule has 2 unspecified atom stereocenters. The molecule has 1 fully saturated rings. The summed E-state index contributed by atoms with van der Waals surface area (Å²) in [5.41, 5.74) is 8.78. The molecular formula is C21H38N2. The molecule has 0 aliphatic heterocycles. The van der Waals surface area contributed by atoms with Gasteiger partial charge in [-0.05, 0) is 37.5 Å². The third kappa shape index (κ3) is 7.85. The van der Waals surface area contributed by atoms with Crippen LogP contribution >= 0.6 is 0 Å². The highest BCUT2D eigenvalue weighted by Crippen LogP contribution is 2.32. The maximum absolute atomic E-state index is 6.20. The molecule has 2 heteroatoms. The summed E-state index contributed by atoms with van der Waals surface area (Å²) >= 11 is 0. The van der Waals surface area contributed by atoms with Crippen molar-refractivity contribution in [2.75, 3.05) is 7.05 Å². The predicted molar refractivity (Wildman–Crippen MR) is 104 cm³/mol. The first-order valence-corrected chi connectivity index (χ1v) is 9.51. The first-order chi connectivity index (χ1) is 11.0. The molecule has 0 aromatic heterocycles. The quantitative estimate of drug-likeness (QED) is 0.304. The lowest BCUT2D eigenvalue weighted by Crippen LogP contribution is -2.27. The lowest BCUT2D eigenvalue weighted by Gasteiger charge is -2.27. The number of aliphatic imine (C=N–C) groups is 1. The molecule has 2 N–H and O–H groups in total. The Balaban J connectivity index is 2.52. The summed E-state index contributed by atoms with van der Waals surface area (Å²) in [5.74, 6) is 2.72. The number of allylic oxidation sites excluding steroid dienone is 2. The van der Waals surface area contributed by atoms with E-state index in [0.717, 1.165) is 36.9 Å². The van der Waals surface area contributed by atoms with Crippen LogP contribution in [0.3, 0.4) is 0 Å². The van der Waals surface area contributed by atoms with Gasteiger partial charge in [0, 0.05) is 13.0 Å². The van der Waals surface area contributed by atoms with E-state index in [-0.39, 0.29) is 0 Å². The standard InChI is InChI=1S/C21H38N2/c1-6-16(2)12-17(3)13-18(4)14-20(21(22)23-5)15-19-10-8-7-9-11-19/h16,19-20H,3-4,6-15H2,1-2,5H3,(H2,22,23). The molecule has 0 heterocycles. The summed E-state index contributed by atoms with van der Waals surface area (Å²) in [5, 5.41) is 0. The van der Waals surface area contributed by atoms with E-state index in [9.17, 15) is 0 Å². The van der Waals surface area contributed by atoms with Crippen LogP contribution in [0.15, 0.2) is 29.3 Å². The normalized spacial score (nSPS) is 19.3. The molecule has 1 aliphatic carbocycles. The van der Waals surface area contributed by atoms with Crippen LogP contribution in [0.25, 0.3) is 0 Å². The Bertz CT molecular complexity index is 402. The smallest absolute Gasteiger partial charge is 0.0968 e. The molecule has 1 saturated carbocycles. The minimum atomic E-state index is 0.368. The molecule has 1 aliphatic rings. The summed E-state index contributed by atoms with van der Waals surface area (Å²) in [4.78, 5) is 4.28. The van der Waals surface area contributed by atoms with Crippen LogP contribution in [0.2, 0.25) is 0 Å². The number of nitrogens with two attached hydrogens (primary N) is 1. The van der Waals surface area contributed by atoms with Crippen LogP contribution in [0.5, 0.6) is 0 Å². The molecule has 0 aromatic rings. The Hall–Kier alpha value is -1.05. The van der Waals surface area contributed by atoms with E-state index in [1.54, 1.807) is 0 Å². The summed E-state index contributed by atoms with van der Waals surface area (Å²) in [6.45, 7) is 13.1. The van der Waals surface area contributed by atoms with Gasteiger partial charge < -0.3 is 5.73 Å². The average molecular weight is 319 g/mol. The van der Waals surface area contributed by atoms with Crippen molar-refractivity contribution in [2.24, 2.45) is 28.5 Å². The molecular weight excluding hydrogens is 280 g/mol. The van der Waals surface area contributed by atoms with Crippen molar-refractivity contribution >= 4 is 5.84 Å². The third-order valence-electron chi connectivity index (χ3n) is 5.39. The van der Waals surface area contributed by atoms with Crippen molar-refractivity contribution in [2.45, 2.75) is 78.1 Å². The lowest BCUT2D eigenvalue weighted by molar-refractivity contribution is 0.313. The van der Waals surface area contributed by atoms with Gasteiger partial charge in [0.05, 0.1) is 5.84 Å². The Kier molecular flexibility index (Phi) is 9.28. The van der Waals surface area contributed by atoms with Gasteiger partial charge in [0.2, 0.25) is 0 Å². The highest BCUT2D eigenvalue weighted by Gasteiger charge is 2.22. The number of hydrogen-bond acceptors (Lipinski definition) is 1. The first kappa shape index (κ1) is 20.0. The van der Waals surface area contributed by atoms with Gasteiger partial charge in [0.1, 0.15) is 0 Å². The Morgan fingerprint density at radius 3 is 2.30 bits per heavy atom. The summed E-state index contributed by atoms with van der Waals surface area (Å²) < 4.78 is 0. The minimum absolute atomic E-state index is 0.368. The fourth-order valence-electron chi connectivity index (χ4n) is 3.80. The second-order valence-electron chi connectivity index (χ2n) is 7.68. The van der Waals surface area contributed by atoms with Gasteiger partial charge in [-0.3, -0.25) is 4.99 Å². The van der Waals surface area contributed by atoms with Crippen molar-refractivity contribution in [1.29, 1.82) is 0 Å². The predicted octanol–water partition coefficient (Wildman–Crippen LogP) is 5.89. The molecule has 1 rings (SSSR count).